The van der Waals surface area contributed by atoms with Crippen molar-refractivity contribution in [3.8, 4) is 0 Å². The summed E-state index contributed by atoms with van der Waals surface area (Å²) in [7, 11) is 1.69. The largest absolute Gasteiger partial charge is 0.373 e. The lowest BCUT2D eigenvalue weighted by Crippen LogP contribution is -2.19. The number of methoxy groups -OCH3 is 1. The molecule has 0 aromatic carbocycles. The minimum atomic E-state index is -0.0334. The minimum absolute atomic E-state index is 0.0334. The van der Waals surface area contributed by atoms with Crippen LogP contribution < -0.4 is 5.32 Å². The van der Waals surface area contributed by atoms with Crippen molar-refractivity contribution in [3.63, 3.8) is 0 Å². The maximum Gasteiger partial charge on any atom is 0.228 e. The Morgan fingerprint density at radius 1 is 1.53 bits per heavy atom. The fourth-order valence-corrected chi connectivity index (χ4v) is 1.79. The normalized spacial score (nSPS) is 17.3. The molecule has 1 heterocycles. The Balaban J connectivity index is 1.80. The van der Waals surface area contributed by atoms with Crippen LogP contribution in [0, 0.1) is 0 Å². The van der Waals surface area contributed by atoms with Crippen molar-refractivity contribution in [3.05, 3.63) is 11.7 Å². The van der Waals surface area contributed by atoms with Gasteiger partial charge in [-0.2, -0.15) is 4.98 Å². The van der Waals surface area contributed by atoms with Crippen LogP contribution in [0.1, 0.15) is 50.4 Å². The maximum absolute atomic E-state index is 5.34. The van der Waals surface area contributed by atoms with Crippen LogP contribution in [0.15, 0.2) is 4.52 Å². The van der Waals surface area contributed by atoms with E-state index in [2.05, 4.69) is 22.4 Å². The lowest BCUT2D eigenvalue weighted by atomic mass is 10.2. The van der Waals surface area contributed by atoms with E-state index in [-0.39, 0.29) is 6.10 Å². The molecule has 1 fully saturated rings. The molecule has 1 aromatic rings. The smallest absolute Gasteiger partial charge is 0.228 e. The van der Waals surface area contributed by atoms with Crippen molar-refractivity contribution in [1.82, 2.24) is 15.5 Å². The van der Waals surface area contributed by atoms with Crippen LogP contribution in [0.4, 0.5) is 0 Å². The Labute approximate surface area is 102 Å². The number of aromatic nitrogens is 2. The molecule has 1 aliphatic carbocycles. The molecule has 17 heavy (non-hydrogen) atoms. The van der Waals surface area contributed by atoms with Gasteiger partial charge in [0.2, 0.25) is 11.7 Å². The molecule has 1 aromatic heterocycles. The zero-order valence-electron chi connectivity index (χ0n) is 10.6. The number of rotatable bonds is 8. The van der Waals surface area contributed by atoms with Gasteiger partial charge in [-0.05, 0) is 19.3 Å². The molecule has 0 bridgehead atoms. The van der Waals surface area contributed by atoms with Gasteiger partial charge >= 0.3 is 0 Å². The lowest BCUT2D eigenvalue weighted by Gasteiger charge is -2.08. The van der Waals surface area contributed by atoms with Crippen LogP contribution in [0.25, 0.3) is 0 Å². The number of hydrogen-bond donors (Lipinski definition) is 1. The summed E-state index contributed by atoms with van der Waals surface area (Å²) in [6.45, 7) is 3.03. The van der Waals surface area contributed by atoms with Crippen molar-refractivity contribution in [2.45, 2.75) is 51.2 Å². The second-order valence-corrected chi connectivity index (χ2v) is 4.54. The molecule has 0 aliphatic heterocycles. The molecular formula is C12H21N3O2. The summed E-state index contributed by atoms with van der Waals surface area (Å²) in [6.07, 6.45) is 5.34. The summed E-state index contributed by atoms with van der Waals surface area (Å²) >= 11 is 0. The van der Waals surface area contributed by atoms with Gasteiger partial charge in [-0.3, -0.25) is 0 Å². The van der Waals surface area contributed by atoms with Crippen LogP contribution in [0.2, 0.25) is 0 Å². The van der Waals surface area contributed by atoms with E-state index in [1.807, 2.05) is 0 Å². The Hall–Kier alpha value is -0.940. The highest BCUT2D eigenvalue weighted by Gasteiger charge is 2.21. The molecule has 5 nitrogen and oxygen atoms in total. The standard InChI is InChI=1S/C12H21N3O2/c1-3-4-10(16-2)12-14-11(17-15-12)7-8-13-9-5-6-9/h9-10,13H,3-8H2,1-2H3. The molecule has 1 atom stereocenters. The molecule has 1 unspecified atom stereocenters. The van der Waals surface area contributed by atoms with Crippen LogP contribution in [0.5, 0.6) is 0 Å². The lowest BCUT2D eigenvalue weighted by molar-refractivity contribution is 0.0854. The second kappa shape index (κ2) is 6.12. The molecule has 0 amide bonds. The van der Waals surface area contributed by atoms with E-state index in [0.717, 1.165) is 31.8 Å². The first-order valence-corrected chi connectivity index (χ1v) is 6.42. The molecule has 1 aliphatic rings. The van der Waals surface area contributed by atoms with E-state index < -0.39 is 0 Å². The SMILES string of the molecule is CCCC(OC)c1noc(CCNC2CC2)n1. The van der Waals surface area contributed by atoms with Gasteiger partial charge in [0.05, 0.1) is 0 Å². The van der Waals surface area contributed by atoms with Gasteiger partial charge in [-0.15, -0.1) is 0 Å². The molecule has 2 rings (SSSR count). The van der Waals surface area contributed by atoms with E-state index in [0.29, 0.717) is 11.7 Å². The maximum atomic E-state index is 5.34. The summed E-state index contributed by atoms with van der Waals surface area (Å²) in [6, 6.07) is 0.726. The molecule has 0 spiro atoms. The quantitative estimate of drug-likeness (QED) is 0.750. The molecule has 0 saturated heterocycles. The van der Waals surface area contributed by atoms with Gasteiger partial charge in [0, 0.05) is 26.1 Å². The molecular weight excluding hydrogens is 218 g/mol. The molecule has 1 saturated carbocycles. The zero-order valence-corrected chi connectivity index (χ0v) is 10.6. The molecule has 5 heteroatoms. The summed E-state index contributed by atoms with van der Waals surface area (Å²) in [5.41, 5.74) is 0. The highest BCUT2D eigenvalue weighted by atomic mass is 16.5. The number of nitrogens with one attached hydrogen (secondary N) is 1. The van der Waals surface area contributed by atoms with Crippen molar-refractivity contribution in [2.75, 3.05) is 13.7 Å². The van der Waals surface area contributed by atoms with E-state index in [9.17, 15) is 0 Å². The molecule has 1 N–H and O–H groups in total. The van der Waals surface area contributed by atoms with Crippen molar-refractivity contribution >= 4 is 0 Å². The van der Waals surface area contributed by atoms with Gasteiger partial charge in [0.25, 0.3) is 0 Å². The van der Waals surface area contributed by atoms with Crippen LogP contribution >= 0.6 is 0 Å². The average molecular weight is 239 g/mol. The topological polar surface area (TPSA) is 60.2 Å². The van der Waals surface area contributed by atoms with E-state index >= 15 is 0 Å². The zero-order chi connectivity index (χ0) is 12.1. The van der Waals surface area contributed by atoms with E-state index in [1.165, 1.54) is 12.8 Å². The van der Waals surface area contributed by atoms with Gasteiger partial charge in [0.1, 0.15) is 6.10 Å². The highest BCUT2D eigenvalue weighted by molar-refractivity contribution is 4.92. The third-order valence-electron chi connectivity index (χ3n) is 2.96. The molecule has 0 radical (unpaired) electrons. The third kappa shape index (κ3) is 3.78. The van der Waals surface area contributed by atoms with Crippen molar-refractivity contribution < 1.29 is 9.26 Å². The fourth-order valence-electron chi connectivity index (χ4n) is 1.79. The highest BCUT2D eigenvalue weighted by Crippen LogP contribution is 2.20. The Bertz CT molecular complexity index is 336. The Morgan fingerprint density at radius 2 is 2.35 bits per heavy atom. The third-order valence-corrected chi connectivity index (χ3v) is 2.96. The van der Waals surface area contributed by atoms with Gasteiger partial charge in [0.15, 0.2) is 0 Å². The van der Waals surface area contributed by atoms with Gasteiger partial charge < -0.3 is 14.6 Å². The summed E-state index contributed by atoms with van der Waals surface area (Å²) in [4.78, 5) is 4.37. The number of hydrogen-bond acceptors (Lipinski definition) is 5. The first kappa shape index (κ1) is 12.5. The second-order valence-electron chi connectivity index (χ2n) is 4.54. The summed E-state index contributed by atoms with van der Waals surface area (Å²) in [5, 5.41) is 7.40. The average Bonchev–Trinajstić information content (AvgIpc) is 3.04. The summed E-state index contributed by atoms with van der Waals surface area (Å²) < 4.78 is 10.6. The van der Waals surface area contributed by atoms with Gasteiger partial charge in [-0.1, -0.05) is 18.5 Å². The van der Waals surface area contributed by atoms with E-state index in [1.54, 1.807) is 7.11 Å². The van der Waals surface area contributed by atoms with E-state index in [4.69, 9.17) is 9.26 Å². The number of nitrogens with zero attached hydrogens (tertiary/aromatic N) is 2. The predicted octanol–water partition coefficient (Wildman–Crippen LogP) is 1.85. The predicted molar refractivity (Wildman–Crippen MR) is 63.7 cm³/mol. The molecule has 96 valence electrons. The minimum Gasteiger partial charge on any atom is -0.373 e. The van der Waals surface area contributed by atoms with Crippen LogP contribution in [-0.4, -0.2) is 29.8 Å². The van der Waals surface area contributed by atoms with Crippen molar-refractivity contribution in [1.29, 1.82) is 0 Å². The monoisotopic (exact) mass is 239 g/mol. The Kier molecular flexibility index (Phi) is 4.50. The Morgan fingerprint density at radius 3 is 3.00 bits per heavy atom. The first-order chi connectivity index (χ1) is 8.33. The van der Waals surface area contributed by atoms with Crippen molar-refractivity contribution in [2.24, 2.45) is 0 Å². The van der Waals surface area contributed by atoms with Crippen LogP contribution in [-0.2, 0) is 11.2 Å². The summed E-state index contributed by atoms with van der Waals surface area (Å²) in [5.74, 6) is 1.38. The number of ether oxygens (including phenoxy) is 1. The van der Waals surface area contributed by atoms with Crippen LogP contribution in [0.3, 0.4) is 0 Å². The first-order valence-electron chi connectivity index (χ1n) is 6.42. The fraction of sp³-hybridized carbons (Fsp3) is 0.833. The van der Waals surface area contributed by atoms with Gasteiger partial charge in [-0.25, -0.2) is 0 Å².